The highest BCUT2D eigenvalue weighted by atomic mass is 16.4. The molecule has 0 aliphatic carbocycles. The van der Waals surface area contributed by atoms with Crippen molar-refractivity contribution in [1.29, 1.82) is 0 Å². The van der Waals surface area contributed by atoms with Crippen LogP contribution in [0, 0.1) is 0 Å². The van der Waals surface area contributed by atoms with Gasteiger partial charge in [0.25, 0.3) is 0 Å². The lowest BCUT2D eigenvalue weighted by Crippen LogP contribution is -2.33. The number of carbonyl (C=O) groups is 1. The smallest absolute Gasteiger partial charge is 0.320 e. The second-order valence-corrected chi connectivity index (χ2v) is 2.09. The molecular weight excluding hydrogens is 132 g/mol. The maximum absolute atomic E-state index is 10.1. The van der Waals surface area contributed by atoms with Gasteiger partial charge >= 0.3 is 5.97 Å². The zero-order chi connectivity index (χ0) is 7.98. The summed E-state index contributed by atoms with van der Waals surface area (Å²) in [5, 5.41) is 11.3. The molecule has 4 nitrogen and oxygen atoms in total. The molecule has 0 bridgehead atoms. The number of nitrogens with two attached hydrogens (primary N) is 1. The summed E-state index contributed by atoms with van der Waals surface area (Å²) in [5.74, 6) is -0.932. The maximum atomic E-state index is 10.1. The normalized spacial score (nSPS) is 13.0. The fourth-order valence-corrected chi connectivity index (χ4v) is 0.558. The summed E-state index contributed by atoms with van der Waals surface area (Å²) < 4.78 is 0. The average molecular weight is 146 g/mol. The van der Waals surface area contributed by atoms with Crippen molar-refractivity contribution < 1.29 is 9.90 Å². The second-order valence-electron chi connectivity index (χ2n) is 2.09. The van der Waals surface area contributed by atoms with E-state index in [4.69, 9.17) is 10.8 Å². The molecule has 0 aliphatic rings. The van der Waals surface area contributed by atoms with E-state index in [1.807, 2.05) is 6.92 Å². The van der Waals surface area contributed by atoms with Gasteiger partial charge in [0.05, 0.1) is 0 Å². The number of aliphatic carboxylic acids is 1. The third-order valence-corrected chi connectivity index (χ3v) is 1.20. The zero-order valence-corrected chi connectivity index (χ0v) is 6.13. The second kappa shape index (κ2) is 5.20. The lowest BCUT2D eigenvalue weighted by atomic mass is 10.2. The van der Waals surface area contributed by atoms with Crippen LogP contribution in [0.3, 0.4) is 0 Å². The van der Waals surface area contributed by atoms with E-state index in [9.17, 15) is 4.79 Å². The van der Waals surface area contributed by atoms with Crippen LogP contribution in [0.5, 0.6) is 0 Å². The summed E-state index contributed by atoms with van der Waals surface area (Å²) in [4.78, 5) is 10.1. The zero-order valence-electron chi connectivity index (χ0n) is 6.13. The molecule has 1 atom stereocenters. The maximum Gasteiger partial charge on any atom is 0.320 e. The Bertz CT molecular complexity index is 106. The molecule has 0 aromatic rings. The van der Waals surface area contributed by atoms with Crippen molar-refractivity contribution in [3.8, 4) is 0 Å². The fraction of sp³-hybridized carbons (Fsp3) is 0.833. The van der Waals surface area contributed by atoms with E-state index in [2.05, 4.69) is 5.32 Å². The Morgan fingerprint density at radius 1 is 1.80 bits per heavy atom. The molecule has 60 valence electrons. The molecular formula is C6H14N2O2. The van der Waals surface area contributed by atoms with Crippen LogP contribution in [-0.4, -0.2) is 30.2 Å². The molecule has 0 aliphatic heterocycles. The van der Waals surface area contributed by atoms with Gasteiger partial charge in [-0.2, -0.15) is 0 Å². The predicted molar refractivity (Wildman–Crippen MR) is 38.8 cm³/mol. The molecule has 0 aromatic carbocycles. The minimum atomic E-state index is -0.932. The molecule has 0 saturated heterocycles. The van der Waals surface area contributed by atoms with Gasteiger partial charge in [0, 0.05) is 0 Å². The standard InChI is InChI=1S/C6H14N2O2/c1-2-8-4-3-5(7)6(9)10/h5,8H,2-4,7H2,1H3,(H,9,10). The monoisotopic (exact) mass is 146 g/mol. The molecule has 4 N–H and O–H groups in total. The molecule has 1 unspecified atom stereocenters. The first-order valence-electron chi connectivity index (χ1n) is 3.37. The quantitative estimate of drug-likeness (QED) is 0.453. The summed E-state index contributed by atoms with van der Waals surface area (Å²) in [6.45, 7) is 3.49. The van der Waals surface area contributed by atoms with Gasteiger partial charge in [-0.05, 0) is 19.5 Å². The van der Waals surface area contributed by atoms with Crippen LogP contribution in [0.15, 0.2) is 0 Å². The number of rotatable bonds is 5. The molecule has 10 heavy (non-hydrogen) atoms. The average Bonchev–Trinajstić information content (AvgIpc) is 1.88. The molecule has 0 radical (unpaired) electrons. The molecule has 0 amide bonds. The van der Waals surface area contributed by atoms with E-state index in [0.717, 1.165) is 6.54 Å². The Labute approximate surface area is 60.4 Å². The van der Waals surface area contributed by atoms with Crippen LogP contribution in [0.2, 0.25) is 0 Å². The lowest BCUT2D eigenvalue weighted by Gasteiger charge is -2.04. The summed E-state index contributed by atoms with van der Waals surface area (Å²) >= 11 is 0. The van der Waals surface area contributed by atoms with Crippen LogP contribution in [0.1, 0.15) is 13.3 Å². The van der Waals surface area contributed by atoms with Crippen molar-refractivity contribution in [3.63, 3.8) is 0 Å². The molecule has 0 heterocycles. The van der Waals surface area contributed by atoms with Gasteiger partial charge in [-0.15, -0.1) is 0 Å². The van der Waals surface area contributed by atoms with Crippen LogP contribution in [-0.2, 0) is 4.79 Å². The third-order valence-electron chi connectivity index (χ3n) is 1.20. The van der Waals surface area contributed by atoms with Gasteiger partial charge in [0.1, 0.15) is 6.04 Å². The number of hydrogen-bond donors (Lipinski definition) is 3. The van der Waals surface area contributed by atoms with Crippen molar-refractivity contribution in [2.24, 2.45) is 5.73 Å². The Balaban J connectivity index is 3.21. The van der Waals surface area contributed by atoms with Gasteiger partial charge in [0.2, 0.25) is 0 Å². The first-order valence-corrected chi connectivity index (χ1v) is 3.37. The minimum Gasteiger partial charge on any atom is -0.480 e. The molecule has 0 saturated carbocycles. The van der Waals surface area contributed by atoms with E-state index in [1.54, 1.807) is 0 Å². The van der Waals surface area contributed by atoms with Crippen LogP contribution >= 0.6 is 0 Å². The lowest BCUT2D eigenvalue weighted by molar-refractivity contribution is -0.138. The summed E-state index contributed by atoms with van der Waals surface area (Å²) in [5.41, 5.74) is 5.22. The van der Waals surface area contributed by atoms with Crippen molar-refractivity contribution in [2.45, 2.75) is 19.4 Å². The summed E-state index contributed by atoms with van der Waals surface area (Å²) in [6, 6.07) is -0.723. The van der Waals surface area contributed by atoms with E-state index in [-0.39, 0.29) is 0 Å². The van der Waals surface area contributed by atoms with Gasteiger partial charge in [-0.25, -0.2) is 0 Å². The predicted octanol–water partition coefficient (Wildman–Crippen LogP) is -0.602. The molecule has 4 heteroatoms. The Kier molecular flexibility index (Phi) is 4.88. The van der Waals surface area contributed by atoms with Crippen LogP contribution in [0.4, 0.5) is 0 Å². The Morgan fingerprint density at radius 2 is 2.40 bits per heavy atom. The van der Waals surface area contributed by atoms with Gasteiger partial charge in [-0.3, -0.25) is 4.79 Å². The van der Waals surface area contributed by atoms with Crippen molar-refractivity contribution >= 4 is 5.97 Å². The number of carboxylic acid groups (broad SMARTS) is 1. The molecule has 0 fully saturated rings. The molecule has 0 spiro atoms. The largest absolute Gasteiger partial charge is 0.480 e. The number of carboxylic acids is 1. The SMILES string of the molecule is CCNCCC(N)C(=O)O. The van der Waals surface area contributed by atoms with Crippen LogP contribution < -0.4 is 11.1 Å². The topological polar surface area (TPSA) is 75.3 Å². The highest BCUT2D eigenvalue weighted by Crippen LogP contribution is 1.84. The van der Waals surface area contributed by atoms with Gasteiger partial charge in [0.15, 0.2) is 0 Å². The van der Waals surface area contributed by atoms with Crippen molar-refractivity contribution in [3.05, 3.63) is 0 Å². The van der Waals surface area contributed by atoms with E-state index in [1.165, 1.54) is 0 Å². The summed E-state index contributed by atoms with van der Waals surface area (Å²) in [6.07, 6.45) is 0.489. The van der Waals surface area contributed by atoms with E-state index < -0.39 is 12.0 Å². The van der Waals surface area contributed by atoms with Crippen LogP contribution in [0.25, 0.3) is 0 Å². The first kappa shape index (κ1) is 9.39. The Hall–Kier alpha value is -0.610. The summed E-state index contributed by atoms with van der Waals surface area (Å²) in [7, 11) is 0. The fourth-order valence-electron chi connectivity index (χ4n) is 0.558. The van der Waals surface area contributed by atoms with Gasteiger partial charge < -0.3 is 16.2 Å². The molecule has 0 aromatic heterocycles. The van der Waals surface area contributed by atoms with E-state index in [0.29, 0.717) is 13.0 Å². The first-order chi connectivity index (χ1) is 4.68. The Morgan fingerprint density at radius 3 is 2.80 bits per heavy atom. The minimum absolute atomic E-state index is 0.489. The van der Waals surface area contributed by atoms with E-state index >= 15 is 0 Å². The van der Waals surface area contributed by atoms with Gasteiger partial charge in [-0.1, -0.05) is 6.92 Å². The highest BCUT2D eigenvalue weighted by molar-refractivity contribution is 5.72. The van der Waals surface area contributed by atoms with Crippen molar-refractivity contribution in [2.75, 3.05) is 13.1 Å². The number of nitrogens with one attached hydrogen (secondary N) is 1. The van der Waals surface area contributed by atoms with Crippen molar-refractivity contribution in [1.82, 2.24) is 5.32 Å². The molecule has 0 rings (SSSR count). The number of hydrogen-bond acceptors (Lipinski definition) is 3. The highest BCUT2D eigenvalue weighted by Gasteiger charge is 2.09. The third kappa shape index (κ3) is 4.29.